The standard InChI is InChI=1S/C15H26N2O3S/c18-14(16-10-13-4-9-21(19,20)11-13)17-8-7-15(12-17)5-2-1-3-6-15/h13H,1-12H2,(H,16,18)/t13-/m0/s1. The fraction of sp³-hybridized carbons (Fsp3) is 0.933. The first-order valence-corrected chi connectivity index (χ1v) is 10.0. The maximum atomic E-state index is 12.3. The molecule has 120 valence electrons. The molecule has 0 aromatic carbocycles. The smallest absolute Gasteiger partial charge is 0.317 e. The molecule has 0 aromatic heterocycles. The third-order valence-corrected chi connectivity index (χ3v) is 7.35. The monoisotopic (exact) mass is 314 g/mol. The molecule has 3 aliphatic rings. The first-order chi connectivity index (χ1) is 9.98. The van der Waals surface area contributed by atoms with Gasteiger partial charge in [-0.3, -0.25) is 0 Å². The van der Waals surface area contributed by atoms with Crippen molar-refractivity contribution in [2.24, 2.45) is 11.3 Å². The quantitative estimate of drug-likeness (QED) is 0.845. The van der Waals surface area contributed by atoms with E-state index in [4.69, 9.17) is 0 Å². The lowest BCUT2D eigenvalue weighted by atomic mass is 9.73. The number of carbonyl (C=O) groups is 1. The molecule has 0 radical (unpaired) electrons. The molecule has 1 N–H and O–H groups in total. The van der Waals surface area contributed by atoms with Gasteiger partial charge >= 0.3 is 6.03 Å². The zero-order valence-electron chi connectivity index (χ0n) is 12.6. The highest BCUT2D eigenvalue weighted by Crippen LogP contribution is 2.43. The SMILES string of the molecule is O=C(NC[C@@H]1CCS(=O)(=O)C1)N1CCC2(CCCCC2)C1. The van der Waals surface area contributed by atoms with Crippen molar-refractivity contribution in [2.45, 2.75) is 44.9 Å². The second-order valence-electron chi connectivity index (χ2n) is 7.19. The summed E-state index contributed by atoms with van der Waals surface area (Å²) in [6.07, 6.45) is 8.29. The number of carbonyl (C=O) groups excluding carboxylic acids is 1. The van der Waals surface area contributed by atoms with Gasteiger partial charge in [-0.15, -0.1) is 0 Å². The van der Waals surface area contributed by atoms with Gasteiger partial charge in [0.1, 0.15) is 0 Å². The molecule has 1 spiro atoms. The summed E-state index contributed by atoms with van der Waals surface area (Å²) in [5.74, 6) is 0.614. The fourth-order valence-electron chi connectivity index (χ4n) is 4.19. The van der Waals surface area contributed by atoms with Crippen LogP contribution in [-0.4, -0.2) is 50.5 Å². The Kier molecular flexibility index (Phi) is 4.17. The van der Waals surface area contributed by atoms with Gasteiger partial charge in [-0.25, -0.2) is 13.2 Å². The summed E-state index contributed by atoms with van der Waals surface area (Å²) in [6.45, 7) is 2.25. The average molecular weight is 314 g/mol. The van der Waals surface area contributed by atoms with E-state index in [1.807, 2.05) is 4.90 Å². The maximum Gasteiger partial charge on any atom is 0.317 e. The zero-order chi connectivity index (χ0) is 14.9. The van der Waals surface area contributed by atoms with E-state index in [2.05, 4.69) is 5.32 Å². The molecule has 3 fully saturated rings. The second-order valence-corrected chi connectivity index (χ2v) is 9.42. The van der Waals surface area contributed by atoms with Crippen LogP contribution >= 0.6 is 0 Å². The normalized spacial score (nSPS) is 30.7. The second kappa shape index (κ2) is 5.78. The molecule has 21 heavy (non-hydrogen) atoms. The molecule has 0 unspecified atom stereocenters. The van der Waals surface area contributed by atoms with Crippen LogP contribution in [0.25, 0.3) is 0 Å². The van der Waals surface area contributed by atoms with Crippen molar-refractivity contribution in [1.82, 2.24) is 10.2 Å². The van der Waals surface area contributed by atoms with Crippen LogP contribution in [0.3, 0.4) is 0 Å². The number of likely N-dealkylation sites (tertiary alicyclic amines) is 1. The molecule has 2 amide bonds. The highest BCUT2D eigenvalue weighted by Gasteiger charge is 2.40. The van der Waals surface area contributed by atoms with Crippen molar-refractivity contribution >= 4 is 15.9 Å². The van der Waals surface area contributed by atoms with E-state index in [1.54, 1.807) is 0 Å². The average Bonchev–Trinajstić information content (AvgIpc) is 3.01. The molecule has 2 aliphatic heterocycles. The third-order valence-electron chi connectivity index (χ3n) is 5.51. The van der Waals surface area contributed by atoms with Crippen LogP contribution in [0.5, 0.6) is 0 Å². The number of hydrogen-bond donors (Lipinski definition) is 1. The summed E-state index contributed by atoms with van der Waals surface area (Å²) in [7, 11) is -2.85. The van der Waals surface area contributed by atoms with Crippen molar-refractivity contribution in [3.05, 3.63) is 0 Å². The number of nitrogens with one attached hydrogen (secondary N) is 1. The molecule has 2 heterocycles. The lowest BCUT2D eigenvalue weighted by Gasteiger charge is -2.33. The highest BCUT2D eigenvalue weighted by molar-refractivity contribution is 7.91. The lowest BCUT2D eigenvalue weighted by molar-refractivity contribution is 0.176. The van der Waals surface area contributed by atoms with Gasteiger partial charge in [0, 0.05) is 19.6 Å². The van der Waals surface area contributed by atoms with Crippen LogP contribution in [-0.2, 0) is 9.84 Å². The van der Waals surface area contributed by atoms with E-state index in [0.717, 1.165) is 19.5 Å². The summed E-state index contributed by atoms with van der Waals surface area (Å²) in [5.41, 5.74) is 0.381. The number of urea groups is 1. The third kappa shape index (κ3) is 3.52. The molecule has 6 heteroatoms. The Labute approximate surface area is 127 Å². The molecule has 3 rings (SSSR count). The molecule has 2 saturated heterocycles. The molecule has 1 aliphatic carbocycles. The van der Waals surface area contributed by atoms with Crippen LogP contribution in [0, 0.1) is 11.3 Å². The predicted octanol–water partition coefficient (Wildman–Crippen LogP) is 1.79. The van der Waals surface area contributed by atoms with Crippen molar-refractivity contribution in [2.75, 3.05) is 31.1 Å². The lowest BCUT2D eigenvalue weighted by Crippen LogP contribution is -2.42. The van der Waals surface area contributed by atoms with Crippen molar-refractivity contribution in [3.63, 3.8) is 0 Å². The number of nitrogens with zero attached hydrogens (tertiary/aromatic N) is 1. The van der Waals surface area contributed by atoms with Gasteiger partial charge in [0.25, 0.3) is 0 Å². The van der Waals surface area contributed by atoms with Gasteiger partial charge in [0.15, 0.2) is 9.84 Å². The van der Waals surface area contributed by atoms with E-state index < -0.39 is 9.84 Å². The van der Waals surface area contributed by atoms with Crippen LogP contribution < -0.4 is 5.32 Å². The minimum atomic E-state index is -2.85. The minimum absolute atomic E-state index is 0.00162. The van der Waals surface area contributed by atoms with Crippen molar-refractivity contribution in [1.29, 1.82) is 0 Å². The Morgan fingerprint density at radius 2 is 1.95 bits per heavy atom. The molecule has 1 saturated carbocycles. The Bertz CT molecular complexity index is 497. The van der Waals surface area contributed by atoms with E-state index in [1.165, 1.54) is 32.1 Å². The zero-order valence-corrected chi connectivity index (χ0v) is 13.5. The van der Waals surface area contributed by atoms with Gasteiger partial charge in [-0.1, -0.05) is 19.3 Å². The predicted molar refractivity (Wildman–Crippen MR) is 81.9 cm³/mol. The van der Waals surface area contributed by atoms with Gasteiger partial charge in [-0.05, 0) is 37.0 Å². The Morgan fingerprint density at radius 1 is 1.19 bits per heavy atom. The van der Waals surface area contributed by atoms with Crippen LogP contribution in [0.4, 0.5) is 4.79 Å². The van der Waals surface area contributed by atoms with Crippen LogP contribution in [0.1, 0.15) is 44.9 Å². The largest absolute Gasteiger partial charge is 0.338 e. The van der Waals surface area contributed by atoms with E-state index in [9.17, 15) is 13.2 Å². The summed E-state index contributed by atoms with van der Waals surface area (Å²) in [6, 6.07) is 0.00162. The maximum absolute atomic E-state index is 12.3. The first-order valence-electron chi connectivity index (χ1n) is 8.21. The van der Waals surface area contributed by atoms with E-state index >= 15 is 0 Å². The molecular formula is C15H26N2O3S. The number of rotatable bonds is 2. The highest BCUT2D eigenvalue weighted by atomic mass is 32.2. The number of amides is 2. The number of sulfone groups is 1. The molecule has 0 bridgehead atoms. The Balaban J connectivity index is 1.46. The number of hydrogen-bond acceptors (Lipinski definition) is 3. The molecule has 5 nitrogen and oxygen atoms in total. The Morgan fingerprint density at radius 3 is 2.62 bits per heavy atom. The summed E-state index contributed by atoms with van der Waals surface area (Å²) in [5, 5.41) is 2.95. The van der Waals surface area contributed by atoms with Gasteiger partial charge in [-0.2, -0.15) is 0 Å². The summed E-state index contributed by atoms with van der Waals surface area (Å²) < 4.78 is 22.8. The minimum Gasteiger partial charge on any atom is -0.338 e. The van der Waals surface area contributed by atoms with Gasteiger partial charge < -0.3 is 10.2 Å². The van der Waals surface area contributed by atoms with Crippen LogP contribution in [0.2, 0.25) is 0 Å². The Hall–Kier alpha value is -0.780. The molecule has 0 aromatic rings. The van der Waals surface area contributed by atoms with Crippen molar-refractivity contribution in [3.8, 4) is 0 Å². The van der Waals surface area contributed by atoms with Crippen molar-refractivity contribution < 1.29 is 13.2 Å². The van der Waals surface area contributed by atoms with Gasteiger partial charge in [0.2, 0.25) is 0 Å². The topological polar surface area (TPSA) is 66.5 Å². The van der Waals surface area contributed by atoms with Gasteiger partial charge in [0.05, 0.1) is 11.5 Å². The summed E-state index contributed by atoms with van der Waals surface area (Å²) >= 11 is 0. The first kappa shape index (κ1) is 15.1. The summed E-state index contributed by atoms with van der Waals surface area (Å²) in [4.78, 5) is 14.2. The molecular weight excluding hydrogens is 288 g/mol. The molecule has 1 atom stereocenters. The van der Waals surface area contributed by atoms with Crippen LogP contribution in [0.15, 0.2) is 0 Å². The van der Waals surface area contributed by atoms with E-state index in [-0.39, 0.29) is 23.5 Å². The van der Waals surface area contributed by atoms with E-state index in [0.29, 0.717) is 18.4 Å². The fourth-order valence-corrected chi connectivity index (χ4v) is 6.06.